The molecule has 0 heterocycles. The van der Waals surface area contributed by atoms with Gasteiger partial charge in [0.05, 0.1) is 9.52 Å². The molecular formula is C40H42Si. The van der Waals surface area contributed by atoms with Gasteiger partial charge in [-0.1, -0.05) is 150 Å². The topological polar surface area (TPSA) is 0 Å². The third-order valence-electron chi connectivity index (χ3n) is 9.01. The minimum atomic E-state index is 0.165. The summed E-state index contributed by atoms with van der Waals surface area (Å²) in [6, 6.07) is 32.3. The SMILES string of the molecule is CC1=Cc2c(-c3ccc(C(C)(C)C)cc3)cccc2C1[Si]C1C(C)=Cc2c(-c3ccc(C(C)(C)C)cc3)cccc21. The molecule has 41 heavy (non-hydrogen) atoms. The first-order chi connectivity index (χ1) is 19.4. The molecule has 0 bridgehead atoms. The average Bonchev–Trinajstić information content (AvgIpc) is 3.43. The predicted octanol–water partition coefficient (Wildman–Crippen LogP) is 10.9. The maximum Gasteiger partial charge on any atom is 0.0678 e. The highest BCUT2D eigenvalue weighted by molar-refractivity contribution is 6.44. The molecule has 0 amide bonds. The van der Waals surface area contributed by atoms with Gasteiger partial charge >= 0.3 is 0 Å². The molecule has 1 heteroatoms. The van der Waals surface area contributed by atoms with Crippen LogP contribution in [-0.2, 0) is 10.8 Å². The third kappa shape index (κ3) is 5.10. The Morgan fingerprint density at radius 3 is 1.20 bits per heavy atom. The summed E-state index contributed by atoms with van der Waals surface area (Å²) in [5, 5.41) is 0. The summed E-state index contributed by atoms with van der Waals surface area (Å²) in [5.74, 6) is 0. The first kappa shape index (κ1) is 27.7. The predicted molar refractivity (Wildman–Crippen MR) is 180 cm³/mol. The van der Waals surface area contributed by atoms with Crippen molar-refractivity contribution < 1.29 is 0 Å². The standard InChI is InChI=1S/C40H42Si/c1-25-23-35-31(27-15-19-29(20-16-27)39(3,4)5)11-9-13-33(35)37(25)41-38-26(2)24-36-32(12-10-14-34(36)38)28-17-21-30(22-18-28)40(6,7)8/h9-24,37-38H,1-8H3. The number of allylic oxidation sites excluding steroid dienone is 2. The van der Waals surface area contributed by atoms with Gasteiger partial charge in [0.25, 0.3) is 0 Å². The van der Waals surface area contributed by atoms with Gasteiger partial charge in [0.15, 0.2) is 0 Å². The summed E-state index contributed by atoms with van der Waals surface area (Å²) >= 11 is 0. The molecule has 0 N–H and O–H groups in total. The Morgan fingerprint density at radius 1 is 0.488 bits per heavy atom. The summed E-state index contributed by atoms with van der Waals surface area (Å²) in [4.78, 5) is 0. The highest BCUT2D eigenvalue weighted by atomic mass is 28.2. The lowest BCUT2D eigenvalue weighted by atomic mass is 9.86. The zero-order valence-corrected chi connectivity index (χ0v) is 26.9. The lowest BCUT2D eigenvalue weighted by Crippen LogP contribution is -2.17. The van der Waals surface area contributed by atoms with Crippen molar-refractivity contribution >= 4 is 21.7 Å². The van der Waals surface area contributed by atoms with Crippen LogP contribution in [-0.4, -0.2) is 9.52 Å². The van der Waals surface area contributed by atoms with E-state index in [9.17, 15) is 0 Å². The van der Waals surface area contributed by atoms with Gasteiger partial charge in [-0.25, -0.2) is 0 Å². The first-order valence-corrected chi connectivity index (χ1v) is 16.2. The van der Waals surface area contributed by atoms with Gasteiger partial charge in [-0.2, -0.15) is 0 Å². The van der Waals surface area contributed by atoms with Crippen molar-refractivity contribution in [2.45, 2.75) is 77.3 Å². The van der Waals surface area contributed by atoms with Crippen molar-refractivity contribution in [2.75, 3.05) is 0 Å². The van der Waals surface area contributed by atoms with Gasteiger partial charge in [0, 0.05) is 0 Å². The van der Waals surface area contributed by atoms with E-state index >= 15 is 0 Å². The number of hydrogen-bond acceptors (Lipinski definition) is 0. The fourth-order valence-corrected chi connectivity index (χ4v) is 8.40. The number of benzene rings is 4. The number of fused-ring (bicyclic) bond motifs is 2. The van der Waals surface area contributed by atoms with Gasteiger partial charge in [0.2, 0.25) is 0 Å². The Kier molecular flexibility index (Phi) is 6.86. The van der Waals surface area contributed by atoms with E-state index in [-0.39, 0.29) is 10.8 Å². The summed E-state index contributed by atoms with van der Waals surface area (Å²) in [6.45, 7) is 18.4. The van der Waals surface area contributed by atoms with Crippen LogP contribution in [0.5, 0.6) is 0 Å². The molecule has 6 rings (SSSR count). The van der Waals surface area contributed by atoms with Crippen LogP contribution >= 0.6 is 0 Å². The molecule has 0 saturated carbocycles. The van der Waals surface area contributed by atoms with E-state index in [4.69, 9.17) is 0 Å². The van der Waals surface area contributed by atoms with Crippen molar-refractivity contribution in [1.29, 1.82) is 0 Å². The van der Waals surface area contributed by atoms with Crippen LogP contribution in [0.1, 0.15) is 99.9 Å². The van der Waals surface area contributed by atoms with Crippen molar-refractivity contribution in [3.05, 3.63) is 129 Å². The Morgan fingerprint density at radius 2 is 0.854 bits per heavy atom. The highest BCUT2D eigenvalue weighted by Crippen LogP contribution is 2.47. The lowest BCUT2D eigenvalue weighted by molar-refractivity contribution is 0.590. The van der Waals surface area contributed by atoms with Crippen LogP contribution in [0.3, 0.4) is 0 Å². The van der Waals surface area contributed by atoms with Crippen molar-refractivity contribution in [3.63, 3.8) is 0 Å². The van der Waals surface area contributed by atoms with E-state index in [0.717, 1.165) is 9.52 Å². The Labute approximate surface area is 250 Å². The van der Waals surface area contributed by atoms with Crippen molar-refractivity contribution in [3.8, 4) is 22.3 Å². The van der Waals surface area contributed by atoms with Gasteiger partial charge in [0.1, 0.15) is 0 Å². The number of hydrogen-bond donors (Lipinski definition) is 0. The van der Waals surface area contributed by atoms with Crippen LogP contribution in [0.15, 0.2) is 96.1 Å². The van der Waals surface area contributed by atoms with Crippen LogP contribution in [0.4, 0.5) is 0 Å². The minimum Gasteiger partial charge on any atom is -0.0684 e. The number of rotatable bonds is 4. The van der Waals surface area contributed by atoms with Gasteiger partial charge in [-0.05, 0) is 91.4 Å². The monoisotopic (exact) mass is 550 g/mol. The molecule has 206 valence electrons. The zero-order valence-electron chi connectivity index (χ0n) is 25.9. The van der Waals surface area contributed by atoms with E-state index < -0.39 is 0 Å². The summed E-state index contributed by atoms with van der Waals surface area (Å²) in [6.07, 6.45) is 4.92. The third-order valence-corrected chi connectivity index (χ3v) is 11.2. The molecule has 2 aliphatic carbocycles. The maximum absolute atomic E-state index is 2.46. The van der Waals surface area contributed by atoms with Crippen LogP contribution in [0, 0.1) is 0 Å². The zero-order chi connectivity index (χ0) is 29.1. The van der Waals surface area contributed by atoms with E-state index in [1.54, 1.807) is 0 Å². The second kappa shape index (κ2) is 10.1. The molecule has 4 aromatic rings. The van der Waals surface area contributed by atoms with Crippen molar-refractivity contribution in [1.82, 2.24) is 0 Å². The Bertz CT molecular complexity index is 1540. The van der Waals surface area contributed by atoms with E-state index in [1.165, 1.54) is 66.8 Å². The van der Waals surface area contributed by atoms with E-state index in [0.29, 0.717) is 11.1 Å². The average molecular weight is 551 g/mol. The van der Waals surface area contributed by atoms with Crippen LogP contribution in [0.2, 0.25) is 0 Å². The van der Waals surface area contributed by atoms with Crippen LogP contribution < -0.4 is 0 Å². The molecule has 2 radical (unpaired) electrons. The molecule has 0 fully saturated rings. The Balaban J connectivity index is 1.31. The fourth-order valence-electron chi connectivity index (χ4n) is 6.52. The molecule has 0 aromatic heterocycles. The van der Waals surface area contributed by atoms with Gasteiger partial charge in [-0.15, -0.1) is 0 Å². The first-order valence-electron chi connectivity index (χ1n) is 15.0. The largest absolute Gasteiger partial charge is 0.0684 e. The second-order valence-corrected chi connectivity index (χ2v) is 15.6. The molecule has 4 aromatic carbocycles. The molecule has 0 aliphatic heterocycles. The molecule has 0 saturated heterocycles. The van der Waals surface area contributed by atoms with Gasteiger partial charge < -0.3 is 0 Å². The Hall–Kier alpha value is -3.42. The molecule has 0 spiro atoms. The minimum absolute atomic E-state index is 0.165. The van der Waals surface area contributed by atoms with E-state index in [1.807, 2.05) is 0 Å². The molecule has 2 aliphatic rings. The van der Waals surface area contributed by atoms with E-state index in [2.05, 4.69) is 152 Å². The molecule has 0 nitrogen and oxygen atoms in total. The molecule has 2 atom stereocenters. The maximum atomic E-state index is 2.46. The normalized spacial score (nSPS) is 18.1. The summed E-state index contributed by atoms with van der Waals surface area (Å²) in [5.41, 5.74) is 18.2. The lowest BCUT2D eigenvalue weighted by Gasteiger charge is -2.22. The summed E-state index contributed by atoms with van der Waals surface area (Å²) < 4.78 is 0. The fraction of sp³-hybridized carbons (Fsp3) is 0.300. The molecule has 2 unspecified atom stereocenters. The van der Waals surface area contributed by atoms with Crippen LogP contribution in [0.25, 0.3) is 34.4 Å². The second-order valence-electron chi connectivity index (χ2n) is 14.1. The summed E-state index contributed by atoms with van der Waals surface area (Å²) in [7, 11) is 0.786. The van der Waals surface area contributed by atoms with Gasteiger partial charge in [-0.3, -0.25) is 0 Å². The smallest absolute Gasteiger partial charge is 0.0678 e. The molecular weight excluding hydrogens is 509 g/mol. The quantitative estimate of drug-likeness (QED) is 0.222. The highest BCUT2D eigenvalue weighted by Gasteiger charge is 2.33. The van der Waals surface area contributed by atoms with Crippen molar-refractivity contribution in [2.24, 2.45) is 0 Å².